The molecule has 35 heavy (non-hydrogen) atoms. The van der Waals surface area contributed by atoms with E-state index in [2.05, 4.69) is 5.32 Å². The van der Waals surface area contributed by atoms with Crippen LogP contribution in [-0.2, 0) is 14.3 Å². The van der Waals surface area contributed by atoms with Crippen molar-refractivity contribution in [2.75, 3.05) is 26.1 Å². The molecule has 8 nitrogen and oxygen atoms in total. The zero-order valence-corrected chi connectivity index (χ0v) is 19.0. The molecule has 8 heteroatoms. The molecule has 0 aromatic heterocycles. The predicted octanol–water partition coefficient (Wildman–Crippen LogP) is 3.67. The van der Waals surface area contributed by atoms with Crippen LogP contribution in [0.3, 0.4) is 0 Å². The van der Waals surface area contributed by atoms with E-state index >= 15 is 0 Å². The third-order valence-electron chi connectivity index (χ3n) is 5.39. The summed E-state index contributed by atoms with van der Waals surface area (Å²) < 4.78 is 15.4. The molecule has 1 aliphatic carbocycles. The second kappa shape index (κ2) is 10.0. The first-order valence-electron chi connectivity index (χ1n) is 10.6. The van der Waals surface area contributed by atoms with E-state index in [1.165, 1.54) is 44.6 Å². The van der Waals surface area contributed by atoms with E-state index in [9.17, 15) is 19.2 Å². The number of ether oxygens (including phenoxy) is 3. The standard InChI is InChI=1S/C27H21NO7/c1-33-18-10-7-16(23(14-18)34-2)8-12-25(30)35-15-24(29)28-17-9-11-21-22(13-17)27(32)20-6-4-3-5-19(20)26(21)31/h3-14H,15H2,1-2H3,(H,28,29)/b12-8+. The number of hydrogen-bond acceptors (Lipinski definition) is 7. The summed E-state index contributed by atoms with van der Waals surface area (Å²) >= 11 is 0. The first-order valence-corrected chi connectivity index (χ1v) is 10.6. The van der Waals surface area contributed by atoms with Gasteiger partial charge in [0.05, 0.1) is 14.2 Å². The van der Waals surface area contributed by atoms with Crippen molar-refractivity contribution in [1.29, 1.82) is 0 Å². The summed E-state index contributed by atoms with van der Waals surface area (Å²) in [6.07, 6.45) is 2.68. The predicted molar refractivity (Wildman–Crippen MR) is 128 cm³/mol. The van der Waals surface area contributed by atoms with E-state index in [0.29, 0.717) is 33.9 Å². The number of hydrogen-bond donors (Lipinski definition) is 1. The smallest absolute Gasteiger partial charge is 0.331 e. The second-order valence-electron chi connectivity index (χ2n) is 7.56. The molecule has 0 fully saturated rings. The van der Waals surface area contributed by atoms with Crippen LogP contribution in [0.25, 0.3) is 6.08 Å². The van der Waals surface area contributed by atoms with Crippen LogP contribution in [-0.4, -0.2) is 44.3 Å². The van der Waals surface area contributed by atoms with Gasteiger partial charge in [0.25, 0.3) is 5.91 Å². The highest BCUT2D eigenvalue weighted by Gasteiger charge is 2.29. The Bertz CT molecular complexity index is 1370. The SMILES string of the molecule is COc1ccc(/C=C/C(=O)OCC(=O)Nc2ccc3c(c2)C(=O)c2ccccc2C3=O)c(OC)c1. The van der Waals surface area contributed by atoms with Crippen molar-refractivity contribution in [3.8, 4) is 11.5 Å². The lowest BCUT2D eigenvalue weighted by atomic mass is 9.84. The van der Waals surface area contributed by atoms with Gasteiger partial charge in [-0.25, -0.2) is 4.79 Å². The molecule has 3 aromatic rings. The zero-order chi connectivity index (χ0) is 24.9. The highest BCUT2D eigenvalue weighted by Crippen LogP contribution is 2.29. The Morgan fingerprint density at radius 3 is 2.20 bits per heavy atom. The molecular weight excluding hydrogens is 450 g/mol. The zero-order valence-electron chi connectivity index (χ0n) is 19.0. The number of nitrogens with one attached hydrogen (secondary N) is 1. The number of anilines is 1. The maximum Gasteiger partial charge on any atom is 0.331 e. The Morgan fingerprint density at radius 1 is 0.829 bits per heavy atom. The highest BCUT2D eigenvalue weighted by atomic mass is 16.5. The summed E-state index contributed by atoms with van der Waals surface area (Å²) in [6, 6.07) is 16.2. The molecule has 0 unspecified atom stereocenters. The number of benzene rings is 3. The van der Waals surface area contributed by atoms with Crippen molar-refractivity contribution >= 4 is 35.2 Å². The van der Waals surface area contributed by atoms with Gasteiger partial charge in [0.1, 0.15) is 11.5 Å². The summed E-state index contributed by atoms with van der Waals surface area (Å²) in [6.45, 7) is -0.532. The van der Waals surface area contributed by atoms with Gasteiger partial charge >= 0.3 is 5.97 Å². The molecule has 1 amide bonds. The number of ketones is 2. The summed E-state index contributed by atoms with van der Waals surface area (Å²) in [5, 5.41) is 2.57. The maximum atomic E-state index is 12.8. The summed E-state index contributed by atoms with van der Waals surface area (Å²) in [5.74, 6) is -0.742. The van der Waals surface area contributed by atoms with Gasteiger partial charge < -0.3 is 19.5 Å². The number of methoxy groups -OCH3 is 2. The first kappa shape index (κ1) is 23.4. The van der Waals surface area contributed by atoms with Crippen LogP contribution >= 0.6 is 0 Å². The fourth-order valence-corrected chi connectivity index (χ4v) is 3.67. The van der Waals surface area contributed by atoms with E-state index in [4.69, 9.17) is 14.2 Å². The number of carbonyl (C=O) groups is 4. The molecule has 0 saturated heterocycles. The molecule has 1 N–H and O–H groups in total. The van der Waals surface area contributed by atoms with Crippen LogP contribution in [0.15, 0.2) is 66.7 Å². The van der Waals surface area contributed by atoms with Gasteiger partial charge in [0.15, 0.2) is 18.2 Å². The molecule has 1 aliphatic rings. The third-order valence-corrected chi connectivity index (χ3v) is 5.39. The number of carbonyl (C=O) groups excluding carboxylic acids is 4. The number of fused-ring (bicyclic) bond motifs is 2. The largest absolute Gasteiger partial charge is 0.497 e. The molecular formula is C27H21NO7. The van der Waals surface area contributed by atoms with Gasteiger partial charge in [0, 0.05) is 45.6 Å². The molecule has 4 rings (SSSR count). The number of amides is 1. The van der Waals surface area contributed by atoms with E-state index < -0.39 is 18.5 Å². The van der Waals surface area contributed by atoms with Crippen LogP contribution in [0.4, 0.5) is 5.69 Å². The van der Waals surface area contributed by atoms with Crippen molar-refractivity contribution in [3.05, 3.63) is 94.6 Å². The van der Waals surface area contributed by atoms with Gasteiger partial charge in [-0.3, -0.25) is 14.4 Å². The fraction of sp³-hybridized carbons (Fsp3) is 0.111. The van der Waals surface area contributed by atoms with Crippen LogP contribution in [0.5, 0.6) is 11.5 Å². The third kappa shape index (κ3) is 4.96. The minimum Gasteiger partial charge on any atom is -0.497 e. The quantitative estimate of drug-likeness (QED) is 0.324. The molecule has 0 heterocycles. The van der Waals surface area contributed by atoms with Crippen molar-refractivity contribution in [2.45, 2.75) is 0 Å². The van der Waals surface area contributed by atoms with Gasteiger partial charge in [-0.2, -0.15) is 0 Å². The monoisotopic (exact) mass is 471 g/mol. The van der Waals surface area contributed by atoms with E-state index in [1.54, 1.807) is 42.5 Å². The summed E-state index contributed by atoms with van der Waals surface area (Å²) in [7, 11) is 3.03. The van der Waals surface area contributed by atoms with Gasteiger partial charge in [-0.05, 0) is 36.4 Å². The molecule has 0 bridgehead atoms. The molecule has 3 aromatic carbocycles. The van der Waals surface area contributed by atoms with Crippen molar-refractivity contribution in [1.82, 2.24) is 0 Å². The molecule has 0 saturated carbocycles. The lowest BCUT2D eigenvalue weighted by molar-refractivity contribution is -0.142. The number of rotatable bonds is 7. The molecule has 176 valence electrons. The average Bonchev–Trinajstić information content (AvgIpc) is 2.89. The molecule has 0 spiro atoms. The number of esters is 1. The van der Waals surface area contributed by atoms with Crippen LogP contribution in [0.1, 0.15) is 37.4 Å². The van der Waals surface area contributed by atoms with Gasteiger partial charge in [0.2, 0.25) is 0 Å². The van der Waals surface area contributed by atoms with Gasteiger partial charge in [-0.15, -0.1) is 0 Å². The van der Waals surface area contributed by atoms with E-state index in [-0.39, 0.29) is 22.7 Å². The lowest BCUT2D eigenvalue weighted by Crippen LogP contribution is -2.23. The van der Waals surface area contributed by atoms with E-state index in [1.807, 2.05) is 0 Å². The van der Waals surface area contributed by atoms with Crippen molar-refractivity contribution in [3.63, 3.8) is 0 Å². The van der Waals surface area contributed by atoms with Crippen LogP contribution in [0.2, 0.25) is 0 Å². The lowest BCUT2D eigenvalue weighted by Gasteiger charge is -2.18. The molecule has 0 aliphatic heterocycles. The second-order valence-corrected chi connectivity index (χ2v) is 7.56. The fourth-order valence-electron chi connectivity index (χ4n) is 3.67. The molecule has 0 atom stereocenters. The Kier molecular flexibility index (Phi) is 6.73. The highest BCUT2D eigenvalue weighted by molar-refractivity contribution is 6.28. The van der Waals surface area contributed by atoms with Crippen LogP contribution < -0.4 is 14.8 Å². The summed E-state index contributed by atoms with van der Waals surface area (Å²) in [4.78, 5) is 49.8. The maximum absolute atomic E-state index is 12.8. The topological polar surface area (TPSA) is 108 Å². The molecule has 0 radical (unpaired) electrons. The van der Waals surface area contributed by atoms with E-state index in [0.717, 1.165) is 0 Å². The van der Waals surface area contributed by atoms with Gasteiger partial charge in [-0.1, -0.05) is 24.3 Å². The minimum absolute atomic E-state index is 0.208. The minimum atomic E-state index is -0.721. The normalized spacial score (nSPS) is 12.1. The van der Waals surface area contributed by atoms with Crippen LogP contribution in [0, 0.1) is 0 Å². The summed E-state index contributed by atoms with van der Waals surface area (Å²) in [5.41, 5.74) is 2.10. The van der Waals surface area contributed by atoms with Crippen molar-refractivity contribution < 1.29 is 33.4 Å². The Labute approximate surface area is 201 Å². The Hall–Kier alpha value is -4.72. The first-order chi connectivity index (χ1) is 16.9. The Morgan fingerprint density at radius 2 is 1.51 bits per heavy atom. The van der Waals surface area contributed by atoms with Crippen molar-refractivity contribution in [2.24, 2.45) is 0 Å². The Balaban J connectivity index is 1.37. The average molecular weight is 471 g/mol.